The predicted molar refractivity (Wildman–Crippen MR) is 86.7 cm³/mol. The van der Waals surface area contributed by atoms with Crippen LogP contribution in [0.25, 0.3) is 0 Å². The van der Waals surface area contributed by atoms with Gasteiger partial charge in [-0.15, -0.1) is 0 Å². The summed E-state index contributed by atoms with van der Waals surface area (Å²) in [4.78, 5) is 2.74. The minimum atomic E-state index is 0.563. The van der Waals surface area contributed by atoms with E-state index in [1.807, 2.05) is 0 Å². The normalized spacial score (nSPS) is 22.1. The SMILES string of the molecule is CC(C)CC(c1ccccc1)N1CCCCC1CCN. The van der Waals surface area contributed by atoms with Crippen LogP contribution in [0.1, 0.15) is 57.6 Å². The Morgan fingerprint density at radius 2 is 1.95 bits per heavy atom. The van der Waals surface area contributed by atoms with E-state index in [9.17, 15) is 0 Å². The Morgan fingerprint density at radius 1 is 1.20 bits per heavy atom. The predicted octanol–water partition coefficient (Wildman–Crippen LogP) is 3.98. The lowest BCUT2D eigenvalue weighted by Gasteiger charge is -2.42. The van der Waals surface area contributed by atoms with Crippen LogP contribution in [0.5, 0.6) is 0 Å². The molecule has 1 aromatic carbocycles. The van der Waals surface area contributed by atoms with E-state index in [4.69, 9.17) is 5.73 Å². The van der Waals surface area contributed by atoms with Crippen LogP contribution >= 0.6 is 0 Å². The Morgan fingerprint density at radius 3 is 2.60 bits per heavy atom. The molecule has 0 radical (unpaired) electrons. The lowest BCUT2D eigenvalue weighted by atomic mass is 9.90. The van der Waals surface area contributed by atoms with Crippen molar-refractivity contribution in [1.29, 1.82) is 0 Å². The molecule has 0 aromatic heterocycles. The van der Waals surface area contributed by atoms with Crippen molar-refractivity contribution in [3.8, 4) is 0 Å². The highest BCUT2D eigenvalue weighted by Crippen LogP contribution is 2.34. The molecule has 0 bridgehead atoms. The summed E-state index contributed by atoms with van der Waals surface area (Å²) >= 11 is 0. The third kappa shape index (κ3) is 4.07. The second-order valence-electron chi connectivity index (χ2n) is 6.52. The number of rotatable bonds is 6. The van der Waals surface area contributed by atoms with Crippen LogP contribution in [-0.2, 0) is 0 Å². The molecular formula is C18H30N2. The molecule has 20 heavy (non-hydrogen) atoms. The van der Waals surface area contributed by atoms with Crippen molar-refractivity contribution in [1.82, 2.24) is 4.90 Å². The molecule has 1 aromatic rings. The van der Waals surface area contributed by atoms with Crippen molar-refractivity contribution in [3.63, 3.8) is 0 Å². The molecule has 112 valence electrons. The van der Waals surface area contributed by atoms with Crippen LogP contribution in [0.3, 0.4) is 0 Å². The second-order valence-corrected chi connectivity index (χ2v) is 6.52. The monoisotopic (exact) mass is 274 g/mol. The van der Waals surface area contributed by atoms with Crippen LogP contribution in [0, 0.1) is 5.92 Å². The molecule has 2 N–H and O–H groups in total. The summed E-state index contributed by atoms with van der Waals surface area (Å²) in [7, 11) is 0. The highest BCUT2D eigenvalue weighted by atomic mass is 15.2. The van der Waals surface area contributed by atoms with Gasteiger partial charge >= 0.3 is 0 Å². The average molecular weight is 274 g/mol. The molecule has 2 rings (SSSR count). The molecule has 0 amide bonds. The molecule has 1 aliphatic heterocycles. The minimum absolute atomic E-state index is 0.563. The van der Waals surface area contributed by atoms with Crippen LogP contribution in [0.4, 0.5) is 0 Å². The molecule has 0 spiro atoms. The van der Waals surface area contributed by atoms with Gasteiger partial charge in [-0.3, -0.25) is 4.90 Å². The minimum Gasteiger partial charge on any atom is -0.330 e. The highest BCUT2D eigenvalue weighted by Gasteiger charge is 2.29. The molecule has 1 heterocycles. The molecule has 1 aliphatic rings. The zero-order valence-corrected chi connectivity index (χ0v) is 13.1. The molecule has 2 unspecified atom stereocenters. The highest BCUT2D eigenvalue weighted by molar-refractivity contribution is 5.19. The topological polar surface area (TPSA) is 29.3 Å². The fourth-order valence-corrected chi connectivity index (χ4v) is 3.52. The van der Waals surface area contributed by atoms with Crippen molar-refractivity contribution < 1.29 is 0 Å². The molecule has 1 fully saturated rings. The largest absolute Gasteiger partial charge is 0.330 e. The van der Waals surface area contributed by atoms with Gasteiger partial charge in [-0.1, -0.05) is 50.6 Å². The van der Waals surface area contributed by atoms with Gasteiger partial charge in [0.2, 0.25) is 0 Å². The summed E-state index contributed by atoms with van der Waals surface area (Å²) < 4.78 is 0. The number of benzene rings is 1. The third-order valence-electron chi connectivity index (χ3n) is 4.45. The number of nitrogens with two attached hydrogens (primary N) is 1. The number of hydrogen-bond donors (Lipinski definition) is 1. The Hall–Kier alpha value is -0.860. The second kappa shape index (κ2) is 7.80. The summed E-state index contributed by atoms with van der Waals surface area (Å²) in [6.45, 7) is 6.71. The van der Waals surface area contributed by atoms with E-state index in [2.05, 4.69) is 49.1 Å². The van der Waals surface area contributed by atoms with Gasteiger partial charge in [-0.2, -0.15) is 0 Å². The number of nitrogens with zero attached hydrogens (tertiary/aromatic N) is 1. The zero-order chi connectivity index (χ0) is 14.4. The van der Waals surface area contributed by atoms with E-state index < -0.39 is 0 Å². The Kier molecular flexibility index (Phi) is 6.06. The smallest absolute Gasteiger partial charge is 0.0353 e. The quantitative estimate of drug-likeness (QED) is 0.850. The number of piperidine rings is 1. The van der Waals surface area contributed by atoms with Gasteiger partial charge < -0.3 is 5.73 Å². The summed E-state index contributed by atoms with van der Waals surface area (Å²) in [5, 5.41) is 0. The first-order chi connectivity index (χ1) is 9.72. The van der Waals surface area contributed by atoms with Gasteiger partial charge in [0.1, 0.15) is 0 Å². The molecule has 2 heteroatoms. The maximum Gasteiger partial charge on any atom is 0.0353 e. The van der Waals surface area contributed by atoms with Crippen molar-refractivity contribution in [2.24, 2.45) is 11.7 Å². The van der Waals surface area contributed by atoms with Crippen LogP contribution in [0.2, 0.25) is 0 Å². The van der Waals surface area contributed by atoms with Crippen LogP contribution < -0.4 is 5.73 Å². The van der Waals surface area contributed by atoms with E-state index in [1.165, 1.54) is 37.8 Å². The zero-order valence-electron chi connectivity index (χ0n) is 13.1. The molecule has 0 saturated carbocycles. The van der Waals surface area contributed by atoms with Crippen molar-refractivity contribution >= 4 is 0 Å². The molecule has 2 atom stereocenters. The first kappa shape index (κ1) is 15.5. The first-order valence-electron chi connectivity index (χ1n) is 8.23. The lowest BCUT2D eigenvalue weighted by molar-refractivity contribution is 0.0778. The van der Waals surface area contributed by atoms with Gasteiger partial charge in [0.05, 0.1) is 0 Å². The van der Waals surface area contributed by atoms with E-state index >= 15 is 0 Å². The lowest BCUT2D eigenvalue weighted by Crippen LogP contribution is -2.43. The maximum absolute atomic E-state index is 5.83. The first-order valence-corrected chi connectivity index (χ1v) is 8.23. The fourth-order valence-electron chi connectivity index (χ4n) is 3.52. The van der Waals surface area contributed by atoms with E-state index in [1.54, 1.807) is 0 Å². The van der Waals surface area contributed by atoms with Crippen LogP contribution in [-0.4, -0.2) is 24.0 Å². The van der Waals surface area contributed by atoms with E-state index in [0.29, 0.717) is 12.1 Å². The summed E-state index contributed by atoms with van der Waals surface area (Å²) in [5.74, 6) is 0.723. The van der Waals surface area contributed by atoms with Crippen molar-refractivity contribution in [2.75, 3.05) is 13.1 Å². The van der Waals surface area contributed by atoms with E-state index in [0.717, 1.165) is 18.9 Å². The van der Waals surface area contributed by atoms with Gasteiger partial charge in [-0.25, -0.2) is 0 Å². The third-order valence-corrected chi connectivity index (χ3v) is 4.45. The maximum atomic E-state index is 5.83. The van der Waals surface area contributed by atoms with Crippen LogP contribution in [0.15, 0.2) is 30.3 Å². The fraction of sp³-hybridized carbons (Fsp3) is 0.667. The molecular weight excluding hydrogens is 244 g/mol. The molecule has 2 nitrogen and oxygen atoms in total. The summed E-state index contributed by atoms with van der Waals surface area (Å²) in [6.07, 6.45) is 6.40. The molecule has 0 aliphatic carbocycles. The van der Waals surface area contributed by atoms with Crippen molar-refractivity contribution in [3.05, 3.63) is 35.9 Å². The summed E-state index contributed by atoms with van der Waals surface area (Å²) in [5.41, 5.74) is 7.31. The van der Waals surface area contributed by atoms with Gasteiger partial charge in [-0.05, 0) is 50.3 Å². The standard InChI is InChI=1S/C18H30N2/c1-15(2)14-18(16-8-4-3-5-9-16)20-13-7-6-10-17(20)11-12-19/h3-5,8-9,15,17-18H,6-7,10-14,19H2,1-2H3. The number of hydrogen-bond acceptors (Lipinski definition) is 2. The Balaban J connectivity index is 2.20. The van der Waals surface area contributed by atoms with Gasteiger partial charge in [0, 0.05) is 12.1 Å². The van der Waals surface area contributed by atoms with Gasteiger partial charge in [0.25, 0.3) is 0 Å². The van der Waals surface area contributed by atoms with Crippen molar-refractivity contribution in [2.45, 2.75) is 58.0 Å². The average Bonchev–Trinajstić information content (AvgIpc) is 2.47. The number of likely N-dealkylation sites (tertiary alicyclic amines) is 1. The van der Waals surface area contributed by atoms with E-state index in [-0.39, 0.29) is 0 Å². The summed E-state index contributed by atoms with van der Waals surface area (Å²) in [6, 6.07) is 12.3. The van der Waals surface area contributed by atoms with Gasteiger partial charge in [0.15, 0.2) is 0 Å². The molecule has 1 saturated heterocycles. The Labute approximate surface area is 124 Å². The Bertz CT molecular complexity index is 372.